The molecule has 0 saturated heterocycles. The van der Waals surface area contributed by atoms with Gasteiger partial charge in [0.05, 0.1) is 4.92 Å². The van der Waals surface area contributed by atoms with Crippen molar-refractivity contribution in [1.82, 2.24) is 0 Å². The van der Waals surface area contributed by atoms with Gasteiger partial charge in [-0.05, 0) is 52.9 Å². The molecule has 0 unspecified atom stereocenters. The van der Waals surface area contributed by atoms with Crippen molar-refractivity contribution in [3.05, 3.63) is 61.2 Å². The summed E-state index contributed by atoms with van der Waals surface area (Å²) in [5.41, 5.74) is 0.348. The van der Waals surface area contributed by atoms with Gasteiger partial charge in [-0.3, -0.25) is 14.9 Å². The van der Waals surface area contributed by atoms with Crippen molar-refractivity contribution >= 4 is 51.5 Å². The Balaban J connectivity index is 2.01. The van der Waals surface area contributed by atoms with Crippen LogP contribution in [0.4, 0.5) is 11.4 Å². The quantitative estimate of drug-likeness (QED) is 0.442. The number of carbonyl (C=O) groups is 1. The summed E-state index contributed by atoms with van der Waals surface area (Å²) >= 11 is 7.83. The van der Waals surface area contributed by atoms with Crippen molar-refractivity contribution in [2.75, 3.05) is 11.9 Å². The number of nitrogens with one attached hydrogen (secondary N) is 1. The van der Waals surface area contributed by atoms with Crippen LogP contribution in [-0.2, 0) is 4.79 Å². The fraction of sp³-hybridized carbons (Fsp3) is 0.0714. The third-order valence-corrected chi connectivity index (χ3v) is 3.49. The second-order valence-corrected chi connectivity index (χ2v) is 5.90. The minimum absolute atomic E-state index is 0.00723. The molecule has 114 valence electrons. The first-order valence-corrected chi connectivity index (χ1v) is 7.53. The Bertz CT molecular complexity index is 724. The molecule has 0 aliphatic carbocycles. The van der Waals surface area contributed by atoms with Crippen LogP contribution in [0.2, 0.25) is 5.02 Å². The maximum absolute atomic E-state index is 11.8. The summed E-state index contributed by atoms with van der Waals surface area (Å²) in [6, 6.07) is 11.2. The third kappa shape index (κ3) is 4.57. The van der Waals surface area contributed by atoms with Crippen molar-refractivity contribution in [2.24, 2.45) is 0 Å². The van der Waals surface area contributed by atoms with E-state index >= 15 is 0 Å². The third-order valence-electron chi connectivity index (χ3n) is 2.58. The summed E-state index contributed by atoms with van der Waals surface area (Å²) in [6.45, 7) is -0.339. The van der Waals surface area contributed by atoms with Crippen LogP contribution >= 0.6 is 34.2 Å². The average Bonchev–Trinajstić information content (AvgIpc) is 2.45. The summed E-state index contributed by atoms with van der Waals surface area (Å²) in [5.74, 6) is -0.418. The van der Waals surface area contributed by atoms with E-state index in [0.29, 0.717) is 5.69 Å². The van der Waals surface area contributed by atoms with Crippen LogP contribution in [0.3, 0.4) is 0 Å². The summed E-state index contributed by atoms with van der Waals surface area (Å²) in [4.78, 5) is 22.1. The fourth-order valence-corrected chi connectivity index (χ4v) is 2.37. The molecule has 0 saturated carbocycles. The minimum Gasteiger partial charge on any atom is -0.477 e. The molecular formula is C14H10ClIN2O4. The molecule has 2 aromatic carbocycles. The van der Waals surface area contributed by atoms with Crippen molar-refractivity contribution < 1.29 is 14.5 Å². The summed E-state index contributed by atoms with van der Waals surface area (Å²) < 4.78 is 6.18. The second-order valence-electron chi connectivity index (χ2n) is 4.22. The van der Waals surface area contributed by atoms with Gasteiger partial charge in [0.2, 0.25) is 0 Å². The van der Waals surface area contributed by atoms with Crippen molar-refractivity contribution in [1.29, 1.82) is 0 Å². The maximum Gasteiger partial charge on any atom is 0.312 e. The SMILES string of the molecule is O=C(COc1ccc(Cl)cc1[N+](=O)[O-])Nc1cccc(I)c1. The standard InChI is InChI=1S/C14H10ClIN2O4/c15-9-4-5-13(12(6-9)18(20)21)22-8-14(19)17-11-3-1-2-10(16)7-11/h1-7H,8H2,(H,17,19). The van der Waals surface area contributed by atoms with E-state index in [1.807, 2.05) is 12.1 Å². The lowest BCUT2D eigenvalue weighted by Gasteiger charge is -2.08. The molecule has 1 amide bonds. The number of anilines is 1. The van der Waals surface area contributed by atoms with Crippen molar-refractivity contribution in [3.63, 3.8) is 0 Å². The van der Waals surface area contributed by atoms with Gasteiger partial charge in [-0.2, -0.15) is 0 Å². The summed E-state index contributed by atoms with van der Waals surface area (Å²) in [6.07, 6.45) is 0. The molecule has 0 atom stereocenters. The van der Waals surface area contributed by atoms with Gasteiger partial charge in [-0.1, -0.05) is 17.7 Å². The fourth-order valence-electron chi connectivity index (χ4n) is 1.66. The topological polar surface area (TPSA) is 81.5 Å². The number of rotatable bonds is 5. The molecule has 8 heteroatoms. The first kappa shape index (κ1) is 16.5. The van der Waals surface area contributed by atoms with Crippen LogP contribution in [0, 0.1) is 13.7 Å². The van der Waals surface area contributed by atoms with Crippen LogP contribution in [0.25, 0.3) is 0 Å². The molecule has 0 aliphatic heterocycles. The number of halogens is 2. The van der Waals surface area contributed by atoms with Gasteiger partial charge in [0.1, 0.15) is 0 Å². The number of carbonyl (C=O) groups excluding carboxylic acids is 1. The number of benzene rings is 2. The molecule has 0 aliphatic rings. The number of hydrogen-bond donors (Lipinski definition) is 1. The Morgan fingerprint density at radius 3 is 2.77 bits per heavy atom. The molecule has 0 fully saturated rings. The Kier molecular flexibility index (Phi) is 5.56. The lowest BCUT2D eigenvalue weighted by Crippen LogP contribution is -2.20. The van der Waals surface area contributed by atoms with Crippen molar-refractivity contribution in [2.45, 2.75) is 0 Å². The highest BCUT2D eigenvalue weighted by atomic mass is 127. The van der Waals surface area contributed by atoms with Gasteiger partial charge in [0.25, 0.3) is 5.91 Å². The van der Waals surface area contributed by atoms with E-state index in [-0.39, 0.29) is 23.1 Å². The molecule has 22 heavy (non-hydrogen) atoms. The highest BCUT2D eigenvalue weighted by Crippen LogP contribution is 2.29. The van der Waals surface area contributed by atoms with Crippen LogP contribution in [-0.4, -0.2) is 17.4 Å². The Labute approximate surface area is 144 Å². The molecule has 0 spiro atoms. The Morgan fingerprint density at radius 2 is 2.09 bits per heavy atom. The van der Waals surface area contributed by atoms with E-state index in [2.05, 4.69) is 27.9 Å². The second kappa shape index (κ2) is 7.41. The first-order valence-electron chi connectivity index (χ1n) is 6.08. The van der Waals surface area contributed by atoms with E-state index in [1.54, 1.807) is 12.1 Å². The van der Waals surface area contributed by atoms with Crippen LogP contribution in [0.15, 0.2) is 42.5 Å². The van der Waals surface area contributed by atoms with E-state index in [9.17, 15) is 14.9 Å². The average molecular weight is 433 g/mol. The van der Waals surface area contributed by atoms with Gasteiger partial charge < -0.3 is 10.1 Å². The van der Waals surface area contributed by atoms with Gasteiger partial charge in [-0.25, -0.2) is 0 Å². The summed E-state index contributed by atoms with van der Waals surface area (Å²) in [5, 5.41) is 13.8. The van der Waals surface area contributed by atoms with E-state index in [4.69, 9.17) is 16.3 Å². The molecule has 2 rings (SSSR count). The van der Waals surface area contributed by atoms with E-state index in [0.717, 1.165) is 3.57 Å². The van der Waals surface area contributed by atoms with Gasteiger partial charge in [-0.15, -0.1) is 0 Å². The van der Waals surface area contributed by atoms with Crippen LogP contribution in [0.1, 0.15) is 0 Å². The number of nitrogens with zero attached hydrogens (tertiary/aromatic N) is 1. The van der Waals surface area contributed by atoms with Gasteiger partial charge >= 0.3 is 5.69 Å². The highest BCUT2D eigenvalue weighted by Gasteiger charge is 2.16. The number of hydrogen-bond acceptors (Lipinski definition) is 4. The summed E-state index contributed by atoms with van der Waals surface area (Å²) in [7, 11) is 0. The zero-order valence-electron chi connectivity index (χ0n) is 11.1. The van der Waals surface area contributed by atoms with Crippen LogP contribution in [0.5, 0.6) is 5.75 Å². The molecule has 1 N–H and O–H groups in total. The van der Waals surface area contributed by atoms with Gasteiger partial charge in [0.15, 0.2) is 12.4 Å². The lowest BCUT2D eigenvalue weighted by atomic mass is 10.3. The smallest absolute Gasteiger partial charge is 0.312 e. The molecule has 6 nitrogen and oxygen atoms in total. The molecule has 0 radical (unpaired) electrons. The predicted molar refractivity (Wildman–Crippen MR) is 91.4 cm³/mol. The zero-order valence-corrected chi connectivity index (χ0v) is 14.0. The lowest BCUT2D eigenvalue weighted by molar-refractivity contribution is -0.385. The number of amides is 1. The van der Waals surface area contributed by atoms with E-state index < -0.39 is 10.8 Å². The minimum atomic E-state index is -0.612. The molecule has 0 bridgehead atoms. The normalized spacial score (nSPS) is 10.1. The molecule has 0 aromatic heterocycles. The molecule has 0 heterocycles. The van der Waals surface area contributed by atoms with Crippen LogP contribution < -0.4 is 10.1 Å². The molecular weight excluding hydrogens is 423 g/mol. The van der Waals surface area contributed by atoms with Crippen molar-refractivity contribution in [3.8, 4) is 5.75 Å². The predicted octanol–water partition coefficient (Wildman–Crippen LogP) is 3.87. The zero-order chi connectivity index (χ0) is 16.1. The Morgan fingerprint density at radius 1 is 1.32 bits per heavy atom. The number of ether oxygens (including phenoxy) is 1. The van der Waals surface area contributed by atoms with Gasteiger partial charge in [0, 0.05) is 20.3 Å². The monoisotopic (exact) mass is 432 g/mol. The first-order chi connectivity index (χ1) is 10.5. The Hall–Kier alpha value is -1.87. The maximum atomic E-state index is 11.8. The van der Waals surface area contributed by atoms with E-state index in [1.165, 1.54) is 18.2 Å². The number of nitro benzene ring substituents is 1. The molecule has 2 aromatic rings. The highest BCUT2D eigenvalue weighted by molar-refractivity contribution is 14.1. The number of nitro groups is 1. The largest absolute Gasteiger partial charge is 0.477 e.